The lowest BCUT2D eigenvalue weighted by molar-refractivity contribution is -0.384. The zero-order chi connectivity index (χ0) is 21.1. The van der Waals surface area contributed by atoms with Gasteiger partial charge in [0.2, 0.25) is 0 Å². The first-order chi connectivity index (χ1) is 13.8. The number of nitro benzene ring substituents is 1. The van der Waals surface area contributed by atoms with E-state index in [-0.39, 0.29) is 17.9 Å². The predicted molar refractivity (Wildman–Crippen MR) is 106 cm³/mol. The third-order valence-electron chi connectivity index (χ3n) is 4.29. The van der Waals surface area contributed by atoms with E-state index in [2.05, 4.69) is 0 Å². The SMILES string of the molecule is COc1ccc2c(COC(=O)c3cc([N+](=O)[O-])ccc3N(C)C)cc(=O)oc2c1. The maximum Gasteiger partial charge on any atom is 0.340 e. The Morgan fingerprint density at radius 2 is 1.93 bits per heavy atom. The monoisotopic (exact) mass is 398 g/mol. The van der Waals surface area contributed by atoms with Crippen molar-refractivity contribution in [3.8, 4) is 5.75 Å². The van der Waals surface area contributed by atoms with Crippen LogP contribution in [0.5, 0.6) is 5.75 Å². The van der Waals surface area contributed by atoms with Crippen molar-refractivity contribution in [2.24, 2.45) is 0 Å². The summed E-state index contributed by atoms with van der Waals surface area (Å²) in [5.74, 6) is -0.227. The molecule has 9 heteroatoms. The minimum absolute atomic E-state index is 0.0538. The minimum Gasteiger partial charge on any atom is -0.497 e. The second-order valence-electron chi connectivity index (χ2n) is 6.38. The lowest BCUT2D eigenvalue weighted by Crippen LogP contribution is -2.16. The van der Waals surface area contributed by atoms with E-state index in [1.165, 1.54) is 31.4 Å². The van der Waals surface area contributed by atoms with Gasteiger partial charge in [0, 0.05) is 49.3 Å². The molecule has 0 bridgehead atoms. The molecule has 0 amide bonds. The standard InChI is InChI=1S/C20H18N2O7/c1-21(2)17-7-4-13(22(25)26)9-16(17)20(24)28-11-12-8-19(23)29-18-10-14(27-3)5-6-15(12)18/h4-10H,11H2,1-3H3. The predicted octanol–water partition coefficient (Wildman–Crippen LogP) is 3.13. The first-order valence-electron chi connectivity index (χ1n) is 8.54. The second kappa shape index (κ2) is 8.01. The van der Waals surface area contributed by atoms with Crippen molar-refractivity contribution in [3.63, 3.8) is 0 Å². The van der Waals surface area contributed by atoms with Crippen LogP contribution in [0.25, 0.3) is 11.0 Å². The molecule has 0 aliphatic heterocycles. The van der Waals surface area contributed by atoms with E-state index in [0.29, 0.717) is 28.0 Å². The summed E-state index contributed by atoms with van der Waals surface area (Å²) in [6.07, 6.45) is 0. The number of ether oxygens (including phenoxy) is 2. The van der Waals surface area contributed by atoms with Crippen molar-refractivity contribution in [1.29, 1.82) is 0 Å². The van der Waals surface area contributed by atoms with Crippen molar-refractivity contribution in [2.45, 2.75) is 6.61 Å². The number of methoxy groups -OCH3 is 1. The van der Waals surface area contributed by atoms with Crippen molar-refractivity contribution >= 4 is 28.3 Å². The highest BCUT2D eigenvalue weighted by molar-refractivity contribution is 5.96. The Morgan fingerprint density at radius 3 is 2.59 bits per heavy atom. The van der Waals surface area contributed by atoms with Gasteiger partial charge in [0.15, 0.2) is 0 Å². The third-order valence-corrected chi connectivity index (χ3v) is 4.29. The molecule has 1 heterocycles. The van der Waals surface area contributed by atoms with E-state index in [0.717, 1.165) is 0 Å². The molecule has 0 saturated heterocycles. The van der Waals surface area contributed by atoms with Crippen LogP contribution in [0.4, 0.5) is 11.4 Å². The normalized spacial score (nSPS) is 10.6. The average molecular weight is 398 g/mol. The molecule has 0 saturated carbocycles. The fourth-order valence-corrected chi connectivity index (χ4v) is 2.87. The molecule has 0 spiro atoms. The molecule has 29 heavy (non-hydrogen) atoms. The number of hydrogen-bond acceptors (Lipinski definition) is 8. The topological polar surface area (TPSA) is 112 Å². The summed E-state index contributed by atoms with van der Waals surface area (Å²) in [6.45, 7) is -0.206. The van der Waals surface area contributed by atoms with Gasteiger partial charge in [-0.15, -0.1) is 0 Å². The smallest absolute Gasteiger partial charge is 0.340 e. The molecule has 0 aliphatic carbocycles. The molecule has 3 rings (SSSR count). The van der Waals surface area contributed by atoms with Crippen molar-refractivity contribution < 1.29 is 23.6 Å². The van der Waals surface area contributed by atoms with Gasteiger partial charge in [-0.25, -0.2) is 9.59 Å². The number of nitro groups is 1. The molecule has 0 N–H and O–H groups in total. The largest absolute Gasteiger partial charge is 0.497 e. The summed E-state index contributed by atoms with van der Waals surface area (Å²) >= 11 is 0. The highest BCUT2D eigenvalue weighted by Gasteiger charge is 2.20. The van der Waals surface area contributed by atoms with Gasteiger partial charge < -0.3 is 18.8 Å². The van der Waals surface area contributed by atoms with Gasteiger partial charge in [0.1, 0.15) is 17.9 Å². The summed E-state index contributed by atoms with van der Waals surface area (Å²) < 4.78 is 15.6. The molecule has 9 nitrogen and oxygen atoms in total. The Labute approximate surface area is 165 Å². The summed E-state index contributed by atoms with van der Waals surface area (Å²) in [5, 5.41) is 11.6. The number of esters is 1. The number of nitrogens with zero attached hydrogens (tertiary/aromatic N) is 2. The minimum atomic E-state index is -0.743. The summed E-state index contributed by atoms with van der Waals surface area (Å²) in [4.78, 5) is 36.6. The molecule has 1 aromatic heterocycles. The Bertz CT molecular complexity index is 1150. The van der Waals surface area contributed by atoms with Crippen LogP contribution in [-0.4, -0.2) is 32.1 Å². The molecule has 0 radical (unpaired) electrons. The zero-order valence-electron chi connectivity index (χ0n) is 16.0. The van der Waals surface area contributed by atoms with Gasteiger partial charge in [-0.2, -0.15) is 0 Å². The van der Waals surface area contributed by atoms with Crippen LogP contribution in [0.3, 0.4) is 0 Å². The fraction of sp³-hybridized carbons (Fsp3) is 0.200. The Morgan fingerprint density at radius 1 is 1.17 bits per heavy atom. The Kier molecular flexibility index (Phi) is 5.49. The van der Waals surface area contributed by atoms with E-state index in [1.807, 2.05) is 0 Å². The highest BCUT2D eigenvalue weighted by atomic mass is 16.6. The van der Waals surface area contributed by atoms with Crippen LogP contribution in [-0.2, 0) is 11.3 Å². The highest BCUT2D eigenvalue weighted by Crippen LogP contribution is 2.26. The Balaban J connectivity index is 1.92. The lowest BCUT2D eigenvalue weighted by atomic mass is 10.1. The van der Waals surface area contributed by atoms with Gasteiger partial charge in [-0.1, -0.05) is 0 Å². The number of hydrogen-bond donors (Lipinski definition) is 0. The van der Waals surface area contributed by atoms with Crippen molar-refractivity contribution in [2.75, 3.05) is 26.1 Å². The Hall–Kier alpha value is -3.88. The lowest BCUT2D eigenvalue weighted by Gasteiger charge is -2.16. The molecule has 3 aromatic rings. The third kappa shape index (κ3) is 4.18. The molecule has 0 unspecified atom stereocenters. The van der Waals surface area contributed by atoms with Gasteiger partial charge in [0.25, 0.3) is 5.69 Å². The average Bonchev–Trinajstić information content (AvgIpc) is 2.70. The van der Waals surface area contributed by atoms with E-state index in [9.17, 15) is 19.7 Å². The summed E-state index contributed by atoms with van der Waals surface area (Å²) in [5.41, 5.74) is 0.457. The van der Waals surface area contributed by atoms with Crippen LogP contribution in [0.1, 0.15) is 15.9 Å². The maximum absolute atomic E-state index is 12.6. The van der Waals surface area contributed by atoms with Crippen LogP contribution in [0, 0.1) is 10.1 Å². The maximum atomic E-state index is 12.6. The molecular weight excluding hydrogens is 380 g/mol. The van der Waals surface area contributed by atoms with E-state index in [1.54, 1.807) is 37.2 Å². The molecule has 150 valence electrons. The van der Waals surface area contributed by atoms with Gasteiger partial charge in [-0.3, -0.25) is 10.1 Å². The quantitative estimate of drug-likeness (QED) is 0.269. The van der Waals surface area contributed by atoms with Crippen LogP contribution in [0.15, 0.2) is 51.7 Å². The number of carbonyl (C=O) groups is 1. The first-order valence-corrected chi connectivity index (χ1v) is 8.54. The number of anilines is 1. The van der Waals surface area contributed by atoms with E-state index in [4.69, 9.17) is 13.9 Å². The van der Waals surface area contributed by atoms with Crippen molar-refractivity contribution in [3.05, 3.63) is 74.1 Å². The van der Waals surface area contributed by atoms with Gasteiger partial charge >= 0.3 is 11.6 Å². The molecular formula is C20H18N2O7. The fourth-order valence-electron chi connectivity index (χ4n) is 2.87. The number of fused-ring (bicyclic) bond motifs is 1. The number of carbonyl (C=O) groups excluding carboxylic acids is 1. The molecule has 2 aromatic carbocycles. The van der Waals surface area contributed by atoms with Crippen LogP contribution in [0.2, 0.25) is 0 Å². The number of non-ortho nitro benzene ring substituents is 1. The summed E-state index contributed by atoms with van der Waals surface area (Å²) in [7, 11) is 4.91. The van der Waals surface area contributed by atoms with Gasteiger partial charge in [0.05, 0.1) is 23.3 Å². The van der Waals surface area contributed by atoms with E-state index >= 15 is 0 Å². The zero-order valence-corrected chi connectivity index (χ0v) is 16.0. The van der Waals surface area contributed by atoms with Crippen LogP contribution >= 0.6 is 0 Å². The number of rotatable bonds is 6. The number of benzene rings is 2. The summed E-state index contributed by atoms with van der Waals surface area (Å²) in [6, 6.07) is 10.1. The van der Waals surface area contributed by atoms with Gasteiger partial charge in [-0.05, 0) is 18.2 Å². The molecule has 0 fully saturated rings. The molecule has 0 aliphatic rings. The van der Waals surface area contributed by atoms with Crippen LogP contribution < -0.4 is 15.3 Å². The van der Waals surface area contributed by atoms with E-state index < -0.39 is 16.5 Å². The molecule has 0 atom stereocenters. The second-order valence-corrected chi connectivity index (χ2v) is 6.38. The first kappa shape index (κ1) is 19.9. The van der Waals surface area contributed by atoms with Crippen molar-refractivity contribution in [1.82, 2.24) is 0 Å².